The molecule has 0 radical (unpaired) electrons. The molecule has 1 rings (SSSR count). The van der Waals surface area contributed by atoms with Gasteiger partial charge in [0.2, 0.25) is 5.91 Å². The largest absolute Gasteiger partial charge is 0.354 e. The topological polar surface area (TPSA) is 58.2 Å². The van der Waals surface area contributed by atoms with Crippen LogP contribution in [0.25, 0.3) is 0 Å². The summed E-state index contributed by atoms with van der Waals surface area (Å²) in [4.78, 5) is 23.6. The summed E-state index contributed by atoms with van der Waals surface area (Å²) >= 11 is 0. The molecule has 0 aliphatic rings. The van der Waals surface area contributed by atoms with Gasteiger partial charge >= 0.3 is 0 Å². The molecule has 1 aromatic rings. The number of carbonyl (C=O) groups excluding carboxylic acids is 2. The van der Waals surface area contributed by atoms with Crippen LogP contribution in [0.1, 0.15) is 49.0 Å². The molecule has 0 aliphatic heterocycles. The molecule has 0 spiro atoms. The van der Waals surface area contributed by atoms with Gasteiger partial charge in [0.25, 0.3) is 5.91 Å². The van der Waals surface area contributed by atoms with Crippen LogP contribution in [-0.2, 0) is 4.79 Å². The maximum Gasteiger partial charge on any atom is 0.251 e. The van der Waals surface area contributed by atoms with E-state index in [1.54, 1.807) is 6.07 Å². The molecular formula is C16H24N2O2. The molecule has 4 heteroatoms. The number of hydrogen-bond acceptors (Lipinski definition) is 2. The Morgan fingerprint density at radius 2 is 1.95 bits per heavy atom. The first-order chi connectivity index (χ1) is 9.54. The van der Waals surface area contributed by atoms with E-state index in [0.29, 0.717) is 18.5 Å². The number of nitrogens with one attached hydrogen (secondary N) is 2. The van der Waals surface area contributed by atoms with Crippen LogP contribution < -0.4 is 10.6 Å². The summed E-state index contributed by atoms with van der Waals surface area (Å²) in [6, 6.07) is 7.61. The van der Waals surface area contributed by atoms with Gasteiger partial charge in [-0.3, -0.25) is 9.59 Å². The van der Waals surface area contributed by atoms with E-state index >= 15 is 0 Å². The monoisotopic (exact) mass is 276 g/mol. The molecule has 1 unspecified atom stereocenters. The van der Waals surface area contributed by atoms with Crippen molar-refractivity contribution in [2.45, 2.75) is 46.1 Å². The Hall–Kier alpha value is -1.84. The summed E-state index contributed by atoms with van der Waals surface area (Å²) in [6.45, 7) is 6.34. The molecule has 0 aliphatic carbocycles. The minimum Gasteiger partial charge on any atom is -0.354 e. The van der Waals surface area contributed by atoms with Gasteiger partial charge in [-0.2, -0.15) is 0 Å². The van der Waals surface area contributed by atoms with Gasteiger partial charge in [0.15, 0.2) is 0 Å². The predicted molar refractivity (Wildman–Crippen MR) is 80.6 cm³/mol. The van der Waals surface area contributed by atoms with Gasteiger partial charge in [0.05, 0.1) is 0 Å². The smallest absolute Gasteiger partial charge is 0.251 e. The van der Waals surface area contributed by atoms with Crippen molar-refractivity contribution in [2.24, 2.45) is 0 Å². The van der Waals surface area contributed by atoms with E-state index in [9.17, 15) is 9.59 Å². The summed E-state index contributed by atoms with van der Waals surface area (Å²) in [7, 11) is 0. The first-order valence-corrected chi connectivity index (χ1v) is 7.17. The molecule has 0 fully saturated rings. The summed E-state index contributed by atoms with van der Waals surface area (Å²) in [5.41, 5.74) is 1.60. The Kier molecular flexibility index (Phi) is 6.77. The highest BCUT2D eigenvalue weighted by Crippen LogP contribution is 2.06. The Bertz CT molecular complexity index is 458. The molecule has 1 atom stereocenters. The highest BCUT2D eigenvalue weighted by atomic mass is 16.2. The molecule has 2 N–H and O–H groups in total. The van der Waals surface area contributed by atoms with Gasteiger partial charge < -0.3 is 10.6 Å². The minimum atomic E-state index is -0.127. The van der Waals surface area contributed by atoms with Crippen molar-refractivity contribution in [1.29, 1.82) is 0 Å². The second kappa shape index (κ2) is 8.35. The molecule has 2 amide bonds. The van der Waals surface area contributed by atoms with Crippen LogP contribution in [0, 0.1) is 6.92 Å². The lowest BCUT2D eigenvalue weighted by atomic mass is 10.1. The van der Waals surface area contributed by atoms with Crippen molar-refractivity contribution in [3.63, 3.8) is 0 Å². The van der Waals surface area contributed by atoms with Crippen LogP contribution in [0.5, 0.6) is 0 Å². The number of benzene rings is 1. The average Bonchev–Trinajstić information content (AvgIpc) is 2.39. The Labute approximate surface area is 121 Å². The Balaban J connectivity index is 2.32. The molecule has 0 bridgehead atoms. The lowest BCUT2D eigenvalue weighted by Gasteiger charge is -2.13. The van der Waals surface area contributed by atoms with Crippen LogP contribution in [0.4, 0.5) is 0 Å². The van der Waals surface area contributed by atoms with E-state index < -0.39 is 0 Å². The minimum absolute atomic E-state index is 0.0176. The fourth-order valence-electron chi connectivity index (χ4n) is 2.06. The van der Waals surface area contributed by atoms with Crippen molar-refractivity contribution < 1.29 is 9.59 Å². The molecule has 20 heavy (non-hydrogen) atoms. The second-order valence-electron chi connectivity index (χ2n) is 5.08. The Morgan fingerprint density at radius 3 is 2.60 bits per heavy atom. The van der Waals surface area contributed by atoms with Gasteiger partial charge in [0, 0.05) is 24.6 Å². The summed E-state index contributed by atoms with van der Waals surface area (Å²) in [5, 5.41) is 5.69. The van der Waals surface area contributed by atoms with Gasteiger partial charge in [-0.1, -0.05) is 31.5 Å². The van der Waals surface area contributed by atoms with Crippen molar-refractivity contribution in [3.05, 3.63) is 35.4 Å². The number of amides is 2. The lowest BCUT2D eigenvalue weighted by Crippen LogP contribution is -2.35. The van der Waals surface area contributed by atoms with Gasteiger partial charge in [-0.25, -0.2) is 0 Å². The highest BCUT2D eigenvalue weighted by Gasteiger charge is 2.09. The second-order valence-corrected chi connectivity index (χ2v) is 5.08. The van der Waals surface area contributed by atoms with E-state index in [1.807, 2.05) is 32.0 Å². The number of aryl methyl sites for hydroxylation is 1. The van der Waals surface area contributed by atoms with E-state index in [0.717, 1.165) is 18.4 Å². The summed E-state index contributed by atoms with van der Waals surface area (Å²) < 4.78 is 0. The van der Waals surface area contributed by atoms with E-state index in [4.69, 9.17) is 0 Å². The molecule has 1 aromatic carbocycles. The van der Waals surface area contributed by atoms with Crippen molar-refractivity contribution in [2.75, 3.05) is 6.54 Å². The zero-order chi connectivity index (χ0) is 15.0. The van der Waals surface area contributed by atoms with E-state index in [-0.39, 0.29) is 17.9 Å². The van der Waals surface area contributed by atoms with Crippen LogP contribution in [0.15, 0.2) is 24.3 Å². The van der Waals surface area contributed by atoms with Gasteiger partial charge in [-0.15, -0.1) is 0 Å². The van der Waals surface area contributed by atoms with Gasteiger partial charge in [0.1, 0.15) is 0 Å². The zero-order valence-electron chi connectivity index (χ0n) is 12.5. The van der Waals surface area contributed by atoms with Crippen molar-refractivity contribution in [1.82, 2.24) is 10.6 Å². The van der Waals surface area contributed by atoms with E-state index in [2.05, 4.69) is 17.6 Å². The SMILES string of the molecule is CCCC(C)NC(=O)CCNC(=O)c1ccccc1C. The van der Waals surface area contributed by atoms with Gasteiger partial charge in [-0.05, 0) is 31.9 Å². The first kappa shape index (κ1) is 16.2. The normalized spacial score (nSPS) is 11.8. The molecule has 0 heterocycles. The molecule has 0 aromatic heterocycles. The van der Waals surface area contributed by atoms with E-state index in [1.165, 1.54) is 0 Å². The average molecular weight is 276 g/mol. The number of hydrogen-bond donors (Lipinski definition) is 2. The molecule has 4 nitrogen and oxygen atoms in total. The van der Waals surface area contributed by atoms with Crippen molar-refractivity contribution in [3.8, 4) is 0 Å². The first-order valence-electron chi connectivity index (χ1n) is 7.17. The third kappa shape index (κ3) is 5.43. The molecule has 0 saturated heterocycles. The lowest BCUT2D eigenvalue weighted by molar-refractivity contribution is -0.121. The highest BCUT2D eigenvalue weighted by molar-refractivity contribution is 5.95. The van der Waals surface area contributed by atoms with Crippen molar-refractivity contribution >= 4 is 11.8 Å². The third-order valence-electron chi connectivity index (χ3n) is 3.16. The molecule has 0 saturated carbocycles. The predicted octanol–water partition coefficient (Wildman–Crippen LogP) is 2.42. The number of rotatable bonds is 7. The fraction of sp³-hybridized carbons (Fsp3) is 0.500. The summed E-state index contributed by atoms with van der Waals surface area (Å²) in [6.07, 6.45) is 2.33. The fourth-order valence-corrected chi connectivity index (χ4v) is 2.06. The standard InChI is InChI=1S/C16H24N2O2/c1-4-7-13(3)18-15(19)10-11-17-16(20)14-9-6-5-8-12(14)2/h5-6,8-9,13H,4,7,10-11H2,1-3H3,(H,17,20)(H,18,19). The maximum atomic E-state index is 11.9. The van der Waals surface area contributed by atoms with Crippen LogP contribution in [0.2, 0.25) is 0 Å². The maximum absolute atomic E-state index is 11.9. The summed E-state index contributed by atoms with van der Waals surface area (Å²) in [5.74, 6) is -0.145. The molecule has 110 valence electrons. The number of carbonyl (C=O) groups is 2. The van der Waals surface area contributed by atoms with Crippen LogP contribution >= 0.6 is 0 Å². The molecular weight excluding hydrogens is 252 g/mol. The van der Waals surface area contributed by atoms with Crippen LogP contribution in [0.3, 0.4) is 0 Å². The zero-order valence-corrected chi connectivity index (χ0v) is 12.5. The Morgan fingerprint density at radius 1 is 1.25 bits per heavy atom. The third-order valence-corrected chi connectivity index (χ3v) is 3.16. The quantitative estimate of drug-likeness (QED) is 0.803. The van der Waals surface area contributed by atoms with Crippen LogP contribution in [-0.4, -0.2) is 24.4 Å².